The molecule has 1 aliphatic carbocycles. The largest absolute Gasteiger partial charge is 0.398 e. The van der Waals surface area contributed by atoms with Crippen molar-refractivity contribution in [2.75, 3.05) is 17.7 Å². The van der Waals surface area contributed by atoms with Crippen LogP contribution in [0.1, 0.15) is 25.3 Å². The lowest BCUT2D eigenvalue weighted by Gasteiger charge is -2.26. The monoisotopic (exact) mass is 205 g/mol. The van der Waals surface area contributed by atoms with Gasteiger partial charge in [0.25, 0.3) is 0 Å². The molecule has 82 valence electrons. The summed E-state index contributed by atoms with van der Waals surface area (Å²) in [5.41, 5.74) is 7.76. The van der Waals surface area contributed by atoms with E-state index >= 15 is 0 Å². The maximum absolute atomic E-state index is 5.88. The Morgan fingerprint density at radius 1 is 1.53 bits per heavy atom. The minimum atomic E-state index is 0.569. The Labute approximate surface area is 91.3 Å². The number of nitrogen functional groups attached to an aromatic ring is 1. The molecule has 0 aromatic carbocycles. The van der Waals surface area contributed by atoms with Gasteiger partial charge >= 0.3 is 0 Å². The molecule has 15 heavy (non-hydrogen) atoms. The normalized spacial score (nSPS) is 17.5. The maximum Gasteiger partial charge on any atom is 0.130 e. The molecule has 1 atom stereocenters. The SMILES string of the molecule is Cc1cnc(N(C)C(C)C2CC2)cc1N. The van der Waals surface area contributed by atoms with Crippen molar-refractivity contribution in [1.29, 1.82) is 0 Å². The summed E-state index contributed by atoms with van der Waals surface area (Å²) < 4.78 is 0. The van der Waals surface area contributed by atoms with E-state index in [9.17, 15) is 0 Å². The highest BCUT2D eigenvalue weighted by atomic mass is 15.2. The second kappa shape index (κ2) is 3.72. The Bertz CT molecular complexity index is 358. The number of pyridine rings is 1. The van der Waals surface area contributed by atoms with Crippen LogP contribution < -0.4 is 10.6 Å². The van der Waals surface area contributed by atoms with Gasteiger partial charge < -0.3 is 10.6 Å². The number of nitrogens with two attached hydrogens (primary N) is 1. The molecule has 0 amide bonds. The number of aryl methyl sites for hydroxylation is 1. The van der Waals surface area contributed by atoms with Gasteiger partial charge in [-0.05, 0) is 38.2 Å². The number of rotatable bonds is 3. The molecule has 0 aliphatic heterocycles. The Morgan fingerprint density at radius 3 is 2.73 bits per heavy atom. The Morgan fingerprint density at radius 2 is 2.20 bits per heavy atom. The molecule has 2 rings (SSSR count). The van der Waals surface area contributed by atoms with E-state index in [4.69, 9.17) is 5.73 Å². The molecule has 1 aliphatic rings. The summed E-state index contributed by atoms with van der Waals surface area (Å²) in [5.74, 6) is 1.83. The third-order valence-electron chi connectivity index (χ3n) is 3.41. The van der Waals surface area contributed by atoms with Crippen LogP contribution >= 0.6 is 0 Å². The summed E-state index contributed by atoms with van der Waals surface area (Å²) in [6.45, 7) is 4.24. The van der Waals surface area contributed by atoms with Gasteiger partial charge in [0.1, 0.15) is 5.82 Å². The lowest BCUT2D eigenvalue weighted by atomic mass is 10.2. The van der Waals surface area contributed by atoms with Crippen LogP contribution in [0.3, 0.4) is 0 Å². The van der Waals surface area contributed by atoms with Gasteiger partial charge in [-0.15, -0.1) is 0 Å². The first kappa shape index (κ1) is 10.3. The molecule has 1 saturated carbocycles. The fourth-order valence-corrected chi connectivity index (χ4v) is 1.82. The van der Waals surface area contributed by atoms with Gasteiger partial charge in [-0.3, -0.25) is 0 Å². The zero-order valence-electron chi connectivity index (χ0n) is 9.70. The zero-order valence-corrected chi connectivity index (χ0v) is 9.70. The molecule has 1 unspecified atom stereocenters. The highest BCUT2D eigenvalue weighted by molar-refractivity contribution is 5.54. The molecule has 0 bridgehead atoms. The predicted molar refractivity (Wildman–Crippen MR) is 64.0 cm³/mol. The van der Waals surface area contributed by atoms with Crippen LogP contribution in [0.25, 0.3) is 0 Å². The fraction of sp³-hybridized carbons (Fsp3) is 0.583. The lowest BCUT2D eigenvalue weighted by Crippen LogP contribution is -2.31. The average Bonchev–Trinajstić information content (AvgIpc) is 3.03. The molecule has 2 N–H and O–H groups in total. The third-order valence-corrected chi connectivity index (χ3v) is 3.41. The van der Waals surface area contributed by atoms with E-state index < -0.39 is 0 Å². The molecular weight excluding hydrogens is 186 g/mol. The quantitative estimate of drug-likeness (QED) is 0.822. The van der Waals surface area contributed by atoms with Crippen molar-refractivity contribution in [2.24, 2.45) is 5.92 Å². The van der Waals surface area contributed by atoms with Gasteiger partial charge in [0, 0.05) is 31.0 Å². The Hall–Kier alpha value is -1.25. The van der Waals surface area contributed by atoms with Crippen LogP contribution in [-0.2, 0) is 0 Å². The molecule has 1 fully saturated rings. The molecule has 0 radical (unpaired) electrons. The van der Waals surface area contributed by atoms with Crippen LogP contribution in [0.15, 0.2) is 12.3 Å². The van der Waals surface area contributed by atoms with Crippen LogP contribution in [0.2, 0.25) is 0 Å². The van der Waals surface area contributed by atoms with E-state index in [0.29, 0.717) is 6.04 Å². The lowest BCUT2D eigenvalue weighted by molar-refractivity contribution is 0.604. The molecule has 0 spiro atoms. The average molecular weight is 205 g/mol. The standard InChI is InChI=1S/C12H19N3/c1-8-7-14-12(6-11(8)13)15(3)9(2)10-4-5-10/h6-7,9-10H,4-5H2,1-3H3,(H2,13,14). The molecule has 1 heterocycles. The number of nitrogens with zero attached hydrogens (tertiary/aromatic N) is 2. The van der Waals surface area contributed by atoms with Crippen molar-refractivity contribution in [3.05, 3.63) is 17.8 Å². The highest BCUT2D eigenvalue weighted by Gasteiger charge is 2.31. The van der Waals surface area contributed by atoms with Crippen LogP contribution in [-0.4, -0.2) is 18.1 Å². The summed E-state index contributed by atoms with van der Waals surface area (Å²) in [4.78, 5) is 6.65. The minimum absolute atomic E-state index is 0.569. The topological polar surface area (TPSA) is 42.2 Å². The van der Waals surface area contributed by atoms with Crippen molar-refractivity contribution in [1.82, 2.24) is 4.98 Å². The summed E-state index contributed by atoms with van der Waals surface area (Å²) in [6.07, 6.45) is 4.56. The first-order chi connectivity index (χ1) is 7.09. The summed E-state index contributed by atoms with van der Waals surface area (Å²) >= 11 is 0. The minimum Gasteiger partial charge on any atom is -0.398 e. The fourth-order valence-electron chi connectivity index (χ4n) is 1.82. The molecule has 0 saturated heterocycles. The third kappa shape index (κ3) is 2.06. The van der Waals surface area contributed by atoms with Crippen molar-refractivity contribution in [2.45, 2.75) is 32.7 Å². The number of aromatic nitrogens is 1. The first-order valence-electron chi connectivity index (χ1n) is 5.54. The van der Waals surface area contributed by atoms with Crippen LogP contribution in [0, 0.1) is 12.8 Å². The molecule has 3 nitrogen and oxygen atoms in total. The number of hydrogen-bond acceptors (Lipinski definition) is 3. The smallest absolute Gasteiger partial charge is 0.130 e. The van der Waals surface area contributed by atoms with Crippen molar-refractivity contribution < 1.29 is 0 Å². The van der Waals surface area contributed by atoms with Gasteiger partial charge in [0.15, 0.2) is 0 Å². The predicted octanol–water partition coefficient (Wildman–Crippen LogP) is 2.21. The maximum atomic E-state index is 5.88. The van der Waals surface area contributed by atoms with Crippen LogP contribution in [0.4, 0.5) is 11.5 Å². The van der Waals surface area contributed by atoms with Gasteiger partial charge in [-0.2, -0.15) is 0 Å². The van der Waals surface area contributed by atoms with E-state index in [1.165, 1.54) is 12.8 Å². The highest BCUT2D eigenvalue weighted by Crippen LogP contribution is 2.36. The molecule has 3 heteroatoms. The van der Waals surface area contributed by atoms with Crippen LogP contribution in [0.5, 0.6) is 0 Å². The number of hydrogen-bond donors (Lipinski definition) is 1. The van der Waals surface area contributed by atoms with E-state index in [-0.39, 0.29) is 0 Å². The summed E-state index contributed by atoms with van der Waals surface area (Å²) in [6, 6.07) is 2.54. The molecular formula is C12H19N3. The molecule has 1 aromatic rings. The Balaban J connectivity index is 2.17. The second-order valence-corrected chi connectivity index (χ2v) is 4.59. The Kier molecular flexibility index (Phi) is 2.55. The van der Waals surface area contributed by atoms with E-state index in [2.05, 4.69) is 23.9 Å². The van der Waals surface area contributed by atoms with Gasteiger partial charge in [0.05, 0.1) is 0 Å². The number of anilines is 2. The van der Waals surface area contributed by atoms with Crippen molar-refractivity contribution in [3.63, 3.8) is 0 Å². The second-order valence-electron chi connectivity index (χ2n) is 4.59. The summed E-state index contributed by atoms with van der Waals surface area (Å²) in [5, 5.41) is 0. The summed E-state index contributed by atoms with van der Waals surface area (Å²) in [7, 11) is 2.10. The molecule has 1 aromatic heterocycles. The zero-order chi connectivity index (χ0) is 11.0. The van der Waals surface area contributed by atoms with Crippen molar-refractivity contribution >= 4 is 11.5 Å². The van der Waals surface area contributed by atoms with Crippen molar-refractivity contribution in [3.8, 4) is 0 Å². The van der Waals surface area contributed by atoms with E-state index in [1.807, 2.05) is 19.2 Å². The van der Waals surface area contributed by atoms with Gasteiger partial charge in [-0.1, -0.05) is 0 Å². The van der Waals surface area contributed by atoms with E-state index in [0.717, 1.165) is 23.0 Å². The van der Waals surface area contributed by atoms with E-state index in [1.54, 1.807) is 0 Å². The first-order valence-corrected chi connectivity index (χ1v) is 5.54. The van der Waals surface area contributed by atoms with Gasteiger partial charge in [-0.25, -0.2) is 4.98 Å². The van der Waals surface area contributed by atoms with Gasteiger partial charge in [0.2, 0.25) is 0 Å².